The maximum Gasteiger partial charge on any atom is -0.0277 e. The van der Waals surface area contributed by atoms with Gasteiger partial charge in [-0.1, -0.05) is 61.3 Å². The van der Waals surface area contributed by atoms with Crippen LogP contribution in [0.25, 0.3) is 0 Å². The molecule has 1 aliphatic carbocycles. The summed E-state index contributed by atoms with van der Waals surface area (Å²) in [6.07, 6.45) is 5.73. The molecule has 0 heteroatoms. The molecule has 0 saturated heterocycles. The van der Waals surface area contributed by atoms with Crippen molar-refractivity contribution in [3.8, 4) is 0 Å². The summed E-state index contributed by atoms with van der Waals surface area (Å²) in [5.41, 5.74) is 1.09. The van der Waals surface area contributed by atoms with Crippen LogP contribution in [0.15, 0.2) is 0 Å². The van der Waals surface area contributed by atoms with Crippen molar-refractivity contribution in [1.82, 2.24) is 0 Å². The van der Waals surface area contributed by atoms with E-state index in [1.54, 1.807) is 0 Å². The van der Waals surface area contributed by atoms with Crippen molar-refractivity contribution in [2.45, 2.75) is 74.1 Å². The van der Waals surface area contributed by atoms with Crippen molar-refractivity contribution < 1.29 is 0 Å². The van der Waals surface area contributed by atoms with Crippen LogP contribution in [0.5, 0.6) is 0 Å². The standard InChI is InChI=1S/C12H24.C2H6/c1-10-6-8-12(5,9-7-10)11(2,3)4;1-2/h10H,6-9H2,1-5H3;1-2H3. The first-order chi connectivity index (χ1) is 6.35. The van der Waals surface area contributed by atoms with Gasteiger partial charge in [-0.05, 0) is 29.6 Å². The minimum absolute atomic E-state index is 0.493. The molecule has 0 aromatic heterocycles. The van der Waals surface area contributed by atoms with Crippen LogP contribution in [0.4, 0.5) is 0 Å². The summed E-state index contributed by atoms with van der Waals surface area (Å²) < 4.78 is 0. The van der Waals surface area contributed by atoms with Crippen molar-refractivity contribution in [2.24, 2.45) is 16.7 Å². The summed E-state index contributed by atoms with van der Waals surface area (Å²) in [4.78, 5) is 0. The van der Waals surface area contributed by atoms with Gasteiger partial charge in [-0.2, -0.15) is 0 Å². The van der Waals surface area contributed by atoms with Crippen LogP contribution >= 0.6 is 0 Å². The molecule has 0 bridgehead atoms. The monoisotopic (exact) mass is 198 g/mol. The normalized spacial score (nSPS) is 33.2. The average molecular weight is 198 g/mol. The van der Waals surface area contributed by atoms with Gasteiger partial charge in [-0.3, -0.25) is 0 Å². The molecule has 1 saturated carbocycles. The Morgan fingerprint density at radius 1 is 1.00 bits per heavy atom. The van der Waals surface area contributed by atoms with E-state index in [0.717, 1.165) is 5.92 Å². The highest BCUT2D eigenvalue weighted by Crippen LogP contribution is 2.50. The first-order valence-corrected chi connectivity index (χ1v) is 6.35. The van der Waals surface area contributed by atoms with Gasteiger partial charge in [0.25, 0.3) is 0 Å². The van der Waals surface area contributed by atoms with Gasteiger partial charge in [-0.25, -0.2) is 0 Å². The fraction of sp³-hybridized carbons (Fsp3) is 1.00. The number of hydrogen-bond acceptors (Lipinski definition) is 0. The van der Waals surface area contributed by atoms with Crippen LogP contribution in [0, 0.1) is 16.7 Å². The van der Waals surface area contributed by atoms with E-state index >= 15 is 0 Å². The van der Waals surface area contributed by atoms with Crippen molar-refractivity contribution in [3.63, 3.8) is 0 Å². The summed E-state index contributed by atoms with van der Waals surface area (Å²) in [6.45, 7) is 16.0. The zero-order chi connectivity index (χ0) is 11.4. The highest BCUT2D eigenvalue weighted by Gasteiger charge is 2.39. The highest BCUT2D eigenvalue weighted by molar-refractivity contribution is 4.89. The molecule has 0 radical (unpaired) electrons. The average Bonchev–Trinajstić information content (AvgIpc) is 2.12. The molecule has 0 nitrogen and oxygen atoms in total. The van der Waals surface area contributed by atoms with Crippen molar-refractivity contribution in [2.75, 3.05) is 0 Å². The highest BCUT2D eigenvalue weighted by atomic mass is 14.4. The number of hydrogen-bond donors (Lipinski definition) is 0. The molecule has 0 unspecified atom stereocenters. The van der Waals surface area contributed by atoms with Gasteiger partial charge in [0.2, 0.25) is 0 Å². The summed E-state index contributed by atoms with van der Waals surface area (Å²) >= 11 is 0. The molecule has 0 N–H and O–H groups in total. The molecule has 14 heavy (non-hydrogen) atoms. The van der Waals surface area contributed by atoms with E-state index in [1.807, 2.05) is 13.8 Å². The van der Waals surface area contributed by atoms with Gasteiger partial charge in [0, 0.05) is 0 Å². The Morgan fingerprint density at radius 3 is 1.64 bits per heavy atom. The van der Waals surface area contributed by atoms with E-state index in [0.29, 0.717) is 10.8 Å². The van der Waals surface area contributed by atoms with Gasteiger partial charge in [0.1, 0.15) is 0 Å². The fourth-order valence-corrected chi connectivity index (χ4v) is 2.15. The van der Waals surface area contributed by atoms with Crippen LogP contribution in [-0.4, -0.2) is 0 Å². The molecule has 0 aromatic rings. The fourth-order valence-electron chi connectivity index (χ4n) is 2.15. The lowest BCUT2D eigenvalue weighted by Crippen LogP contribution is -2.36. The Balaban J connectivity index is 0.000000791. The van der Waals surface area contributed by atoms with Crippen LogP contribution in [0.3, 0.4) is 0 Å². The zero-order valence-corrected chi connectivity index (χ0v) is 11.4. The summed E-state index contributed by atoms with van der Waals surface area (Å²) in [6, 6.07) is 0. The predicted octanol–water partition coefficient (Wildman–Crippen LogP) is 5.28. The van der Waals surface area contributed by atoms with E-state index in [4.69, 9.17) is 0 Å². The molecular weight excluding hydrogens is 168 g/mol. The van der Waals surface area contributed by atoms with Crippen LogP contribution in [0.2, 0.25) is 0 Å². The lowest BCUT2D eigenvalue weighted by Gasteiger charge is -2.46. The van der Waals surface area contributed by atoms with E-state index < -0.39 is 0 Å². The Hall–Kier alpha value is 0. The third kappa shape index (κ3) is 3.29. The van der Waals surface area contributed by atoms with E-state index in [1.165, 1.54) is 25.7 Å². The Bertz CT molecular complexity index is 142. The summed E-state index contributed by atoms with van der Waals surface area (Å²) in [5.74, 6) is 0.973. The Morgan fingerprint density at radius 2 is 1.36 bits per heavy atom. The second kappa shape index (κ2) is 5.19. The molecule has 0 aliphatic heterocycles. The van der Waals surface area contributed by atoms with Gasteiger partial charge in [0.05, 0.1) is 0 Å². The van der Waals surface area contributed by atoms with Crippen molar-refractivity contribution >= 4 is 0 Å². The molecule has 0 aromatic carbocycles. The topological polar surface area (TPSA) is 0 Å². The van der Waals surface area contributed by atoms with Crippen LogP contribution < -0.4 is 0 Å². The van der Waals surface area contributed by atoms with Crippen molar-refractivity contribution in [3.05, 3.63) is 0 Å². The molecule has 0 amide bonds. The maximum atomic E-state index is 2.47. The van der Waals surface area contributed by atoms with Gasteiger partial charge in [-0.15, -0.1) is 0 Å². The zero-order valence-electron chi connectivity index (χ0n) is 11.4. The summed E-state index contributed by atoms with van der Waals surface area (Å²) in [5, 5.41) is 0. The van der Waals surface area contributed by atoms with Gasteiger partial charge >= 0.3 is 0 Å². The van der Waals surface area contributed by atoms with Crippen LogP contribution in [-0.2, 0) is 0 Å². The molecular formula is C14H30. The van der Waals surface area contributed by atoms with Gasteiger partial charge < -0.3 is 0 Å². The van der Waals surface area contributed by atoms with E-state index in [2.05, 4.69) is 34.6 Å². The quantitative estimate of drug-likeness (QED) is 0.497. The first-order valence-electron chi connectivity index (χ1n) is 6.35. The van der Waals surface area contributed by atoms with Crippen molar-refractivity contribution in [1.29, 1.82) is 0 Å². The third-order valence-electron chi connectivity index (χ3n) is 4.19. The SMILES string of the molecule is CC.CC1CCC(C)(C(C)(C)C)CC1. The number of rotatable bonds is 0. The molecule has 1 fully saturated rings. The lowest BCUT2D eigenvalue weighted by molar-refractivity contribution is 0.0444. The van der Waals surface area contributed by atoms with E-state index in [-0.39, 0.29) is 0 Å². The minimum atomic E-state index is 0.493. The van der Waals surface area contributed by atoms with E-state index in [9.17, 15) is 0 Å². The Kier molecular flexibility index (Phi) is 5.19. The molecule has 1 aliphatic rings. The smallest absolute Gasteiger partial charge is 0.0277 e. The molecule has 1 rings (SSSR count). The molecule has 0 spiro atoms. The van der Waals surface area contributed by atoms with Gasteiger partial charge in [0.15, 0.2) is 0 Å². The Labute approximate surface area is 91.5 Å². The van der Waals surface area contributed by atoms with Crippen LogP contribution in [0.1, 0.15) is 74.1 Å². The lowest BCUT2D eigenvalue weighted by atomic mass is 9.59. The molecule has 0 atom stereocenters. The maximum absolute atomic E-state index is 2.47. The predicted molar refractivity (Wildman–Crippen MR) is 66.5 cm³/mol. The molecule has 0 heterocycles. The summed E-state index contributed by atoms with van der Waals surface area (Å²) in [7, 11) is 0. The molecule has 86 valence electrons. The first kappa shape index (κ1) is 14.0. The second-order valence-electron chi connectivity index (χ2n) is 5.99. The largest absolute Gasteiger partial charge is 0.0683 e. The second-order valence-corrected chi connectivity index (χ2v) is 5.99. The third-order valence-corrected chi connectivity index (χ3v) is 4.19. The minimum Gasteiger partial charge on any atom is -0.0683 e.